The van der Waals surface area contributed by atoms with E-state index in [1.165, 1.54) is 83.5 Å². The summed E-state index contributed by atoms with van der Waals surface area (Å²) in [5.41, 5.74) is 3.49. The van der Waals surface area contributed by atoms with Crippen molar-refractivity contribution in [1.29, 1.82) is 0 Å². The van der Waals surface area contributed by atoms with Crippen molar-refractivity contribution in [2.45, 2.75) is 143 Å². The van der Waals surface area contributed by atoms with E-state index in [1.54, 1.807) is 0 Å². The minimum absolute atomic E-state index is 0.219. The highest BCUT2D eigenvalue weighted by molar-refractivity contribution is 5.98. The highest BCUT2D eigenvalue weighted by atomic mass is 16.3. The molecule has 0 heterocycles. The van der Waals surface area contributed by atoms with Crippen LogP contribution in [0.3, 0.4) is 0 Å². The first kappa shape index (κ1) is 27.7. The number of phenolic OH excluding ortho intramolecular Hbond substituents is 1. The van der Waals surface area contributed by atoms with Gasteiger partial charge >= 0.3 is 0 Å². The Morgan fingerprint density at radius 2 is 1.16 bits per heavy atom. The van der Waals surface area contributed by atoms with Crippen LogP contribution in [0, 0.1) is 13.8 Å². The number of hydrogen-bond donors (Lipinski definition) is 1. The largest absolute Gasteiger partial charge is 0.507 e. The maximum Gasteiger partial charge on any atom is 0.163 e. The van der Waals surface area contributed by atoms with Crippen molar-refractivity contribution in [2.75, 3.05) is 0 Å². The minimum atomic E-state index is 0.219. The van der Waals surface area contributed by atoms with E-state index in [9.17, 15) is 9.90 Å². The quantitative estimate of drug-likeness (QED) is 0.186. The number of carbonyl (C=O) groups excluding carboxylic acids is 1. The monoisotopic (exact) mass is 430 g/mol. The van der Waals surface area contributed by atoms with Crippen LogP contribution in [0.15, 0.2) is 6.07 Å². The first-order valence-corrected chi connectivity index (χ1v) is 13.3. The Balaban J connectivity index is 2.12. The second-order valence-corrected chi connectivity index (χ2v) is 9.89. The van der Waals surface area contributed by atoms with Crippen molar-refractivity contribution in [1.82, 2.24) is 0 Å². The maximum absolute atomic E-state index is 12.8. The van der Waals surface area contributed by atoms with Crippen molar-refractivity contribution in [3.05, 3.63) is 28.3 Å². The van der Waals surface area contributed by atoms with E-state index in [1.807, 2.05) is 19.9 Å². The van der Waals surface area contributed by atoms with E-state index in [0.717, 1.165) is 35.1 Å². The van der Waals surface area contributed by atoms with E-state index in [2.05, 4.69) is 20.8 Å². The highest BCUT2D eigenvalue weighted by Crippen LogP contribution is 2.33. The summed E-state index contributed by atoms with van der Waals surface area (Å²) in [5.74, 6) is 0.810. The molecule has 0 aromatic heterocycles. The fourth-order valence-electron chi connectivity index (χ4n) is 4.45. The van der Waals surface area contributed by atoms with Gasteiger partial charge in [0.1, 0.15) is 5.75 Å². The lowest BCUT2D eigenvalue weighted by Crippen LogP contribution is -2.06. The van der Waals surface area contributed by atoms with E-state index >= 15 is 0 Å². The van der Waals surface area contributed by atoms with Crippen molar-refractivity contribution in [3.8, 4) is 5.75 Å². The van der Waals surface area contributed by atoms with Gasteiger partial charge in [0.2, 0.25) is 0 Å². The zero-order valence-corrected chi connectivity index (χ0v) is 21.3. The van der Waals surface area contributed by atoms with E-state index < -0.39 is 0 Å². The van der Waals surface area contributed by atoms with Crippen molar-refractivity contribution in [3.63, 3.8) is 0 Å². The zero-order valence-electron chi connectivity index (χ0n) is 21.3. The van der Waals surface area contributed by atoms with Crippen LogP contribution in [0.5, 0.6) is 5.75 Å². The Bertz CT molecular complexity index is 630. The molecule has 0 unspecified atom stereocenters. The summed E-state index contributed by atoms with van der Waals surface area (Å²) in [6.07, 6.45) is 20.7. The standard InChI is InChI=1S/C29H50O2/c1-6-7-8-9-10-11-12-13-14-15-16-17-18-19-20-21-28(30)27-22-26(23(2)3)29(31)25(5)24(27)4/h22-23,31H,6-21H2,1-5H3. The average Bonchev–Trinajstić information content (AvgIpc) is 2.74. The van der Waals surface area contributed by atoms with Crippen LogP contribution < -0.4 is 0 Å². The summed E-state index contributed by atoms with van der Waals surface area (Å²) in [4.78, 5) is 12.8. The first-order chi connectivity index (χ1) is 14.9. The Morgan fingerprint density at radius 1 is 0.742 bits per heavy atom. The number of carbonyl (C=O) groups is 1. The van der Waals surface area contributed by atoms with Gasteiger partial charge < -0.3 is 5.11 Å². The van der Waals surface area contributed by atoms with Gasteiger partial charge in [-0.15, -0.1) is 0 Å². The molecule has 0 aliphatic carbocycles. The normalized spacial score (nSPS) is 11.4. The SMILES string of the molecule is CCCCCCCCCCCCCCCCCC(=O)c1cc(C(C)C)c(O)c(C)c1C. The lowest BCUT2D eigenvalue weighted by molar-refractivity contribution is 0.0978. The summed E-state index contributed by atoms with van der Waals surface area (Å²) < 4.78 is 0. The maximum atomic E-state index is 12.8. The summed E-state index contributed by atoms with van der Waals surface area (Å²) in [6.45, 7) is 10.3. The predicted molar refractivity (Wildman–Crippen MR) is 136 cm³/mol. The molecular formula is C29H50O2. The number of ketones is 1. The number of unbranched alkanes of at least 4 members (excludes halogenated alkanes) is 14. The number of phenols is 1. The van der Waals surface area contributed by atoms with Gasteiger partial charge in [0, 0.05) is 12.0 Å². The molecule has 1 aromatic carbocycles. The van der Waals surface area contributed by atoms with Crippen LogP contribution in [-0.2, 0) is 0 Å². The summed E-state index contributed by atoms with van der Waals surface area (Å²) in [5, 5.41) is 10.4. The summed E-state index contributed by atoms with van der Waals surface area (Å²) >= 11 is 0. The van der Waals surface area contributed by atoms with Gasteiger partial charge in [0.25, 0.3) is 0 Å². The van der Waals surface area contributed by atoms with Crippen molar-refractivity contribution in [2.24, 2.45) is 0 Å². The number of benzene rings is 1. The predicted octanol–water partition coefficient (Wildman–Crippen LogP) is 9.58. The fourth-order valence-corrected chi connectivity index (χ4v) is 4.45. The first-order valence-electron chi connectivity index (χ1n) is 13.3. The van der Waals surface area contributed by atoms with Crippen LogP contribution in [0.4, 0.5) is 0 Å². The van der Waals surface area contributed by atoms with Crippen LogP contribution >= 0.6 is 0 Å². The van der Waals surface area contributed by atoms with Crippen molar-refractivity contribution >= 4 is 5.78 Å². The molecule has 1 rings (SSSR count). The molecule has 0 aliphatic rings. The average molecular weight is 431 g/mol. The molecule has 1 N–H and O–H groups in total. The minimum Gasteiger partial charge on any atom is -0.507 e. The van der Waals surface area contributed by atoms with Gasteiger partial charge in [-0.2, -0.15) is 0 Å². The topological polar surface area (TPSA) is 37.3 Å². The molecule has 0 radical (unpaired) electrons. The molecule has 2 nitrogen and oxygen atoms in total. The summed E-state index contributed by atoms with van der Waals surface area (Å²) in [6, 6.07) is 1.93. The number of aromatic hydroxyl groups is 1. The molecule has 2 heteroatoms. The molecule has 178 valence electrons. The van der Waals surface area contributed by atoms with Gasteiger partial charge in [-0.25, -0.2) is 0 Å². The molecular weight excluding hydrogens is 380 g/mol. The fraction of sp³-hybridized carbons (Fsp3) is 0.759. The molecule has 1 aromatic rings. The Labute approximate surface area is 193 Å². The Kier molecular flexibility index (Phi) is 14.6. The van der Waals surface area contributed by atoms with Gasteiger partial charge in [-0.3, -0.25) is 4.79 Å². The molecule has 0 aliphatic heterocycles. The zero-order chi connectivity index (χ0) is 23.1. The number of rotatable bonds is 18. The number of hydrogen-bond acceptors (Lipinski definition) is 2. The van der Waals surface area contributed by atoms with E-state index in [4.69, 9.17) is 0 Å². The second kappa shape index (κ2) is 16.3. The molecule has 0 bridgehead atoms. The van der Waals surface area contributed by atoms with Gasteiger partial charge in [0.15, 0.2) is 5.78 Å². The van der Waals surface area contributed by atoms with Crippen LogP contribution in [0.1, 0.15) is 156 Å². The van der Waals surface area contributed by atoms with E-state index in [0.29, 0.717) is 12.2 Å². The molecule has 0 amide bonds. The Morgan fingerprint density at radius 3 is 1.58 bits per heavy atom. The van der Waals surface area contributed by atoms with Crippen LogP contribution in [-0.4, -0.2) is 10.9 Å². The second-order valence-electron chi connectivity index (χ2n) is 9.89. The summed E-state index contributed by atoms with van der Waals surface area (Å²) in [7, 11) is 0. The molecule has 0 fully saturated rings. The molecule has 0 atom stereocenters. The molecule has 31 heavy (non-hydrogen) atoms. The third kappa shape index (κ3) is 10.7. The van der Waals surface area contributed by atoms with Gasteiger partial charge in [0.05, 0.1) is 0 Å². The third-order valence-corrected chi connectivity index (χ3v) is 6.82. The third-order valence-electron chi connectivity index (χ3n) is 6.82. The smallest absolute Gasteiger partial charge is 0.163 e. The molecule has 0 saturated carbocycles. The van der Waals surface area contributed by atoms with Crippen molar-refractivity contribution < 1.29 is 9.90 Å². The molecule has 0 spiro atoms. The van der Waals surface area contributed by atoms with Gasteiger partial charge in [-0.05, 0) is 48.9 Å². The molecule has 0 saturated heterocycles. The highest BCUT2D eigenvalue weighted by Gasteiger charge is 2.18. The lowest BCUT2D eigenvalue weighted by atomic mass is 9.90. The van der Waals surface area contributed by atoms with Gasteiger partial charge in [-0.1, -0.05) is 111 Å². The lowest BCUT2D eigenvalue weighted by Gasteiger charge is -2.16. The van der Waals surface area contributed by atoms with Crippen LogP contribution in [0.25, 0.3) is 0 Å². The van der Waals surface area contributed by atoms with Crippen LogP contribution in [0.2, 0.25) is 0 Å². The van der Waals surface area contributed by atoms with E-state index in [-0.39, 0.29) is 11.7 Å². The Hall–Kier alpha value is -1.31. The number of Topliss-reactive ketones (excluding diaryl/α,β-unsaturated/α-hetero) is 1.